The van der Waals surface area contributed by atoms with E-state index in [0.29, 0.717) is 18.1 Å². The molecule has 0 unspecified atom stereocenters. The van der Waals surface area contributed by atoms with Crippen LogP contribution < -0.4 is 5.32 Å². The second kappa shape index (κ2) is 7.53. The van der Waals surface area contributed by atoms with Gasteiger partial charge in [0.2, 0.25) is 5.95 Å². The van der Waals surface area contributed by atoms with Crippen LogP contribution in [0.2, 0.25) is 0 Å². The van der Waals surface area contributed by atoms with Gasteiger partial charge >= 0.3 is 5.97 Å². The van der Waals surface area contributed by atoms with Gasteiger partial charge in [-0.1, -0.05) is 37.3 Å². The maximum Gasteiger partial charge on any atom is 0.338 e. The van der Waals surface area contributed by atoms with Crippen molar-refractivity contribution in [2.45, 2.75) is 19.9 Å². The lowest BCUT2D eigenvalue weighted by molar-refractivity contribution is -0.138. The fourth-order valence-electron chi connectivity index (χ4n) is 2.71. The first-order chi connectivity index (χ1) is 11.7. The van der Waals surface area contributed by atoms with E-state index in [1.807, 2.05) is 37.3 Å². The van der Waals surface area contributed by atoms with Crippen LogP contribution in [0.4, 0.5) is 5.95 Å². The number of aromatic nitrogens is 3. The van der Waals surface area contributed by atoms with Gasteiger partial charge < -0.3 is 10.1 Å². The quantitative estimate of drug-likeness (QED) is 0.642. The van der Waals surface area contributed by atoms with Crippen LogP contribution in [-0.4, -0.2) is 38.8 Å². The van der Waals surface area contributed by atoms with Crippen molar-refractivity contribution in [2.75, 3.05) is 23.4 Å². The molecule has 1 aliphatic rings. The first-order valence-electron chi connectivity index (χ1n) is 7.89. The highest BCUT2D eigenvalue weighted by molar-refractivity contribution is 7.99. The van der Waals surface area contributed by atoms with E-state index >= 15 is 0 Å². The number of hydrogen-bond acceptors (Lipinski definition) is 6. The lowest BCUT2D eigenvalue weighted by atomic mass is 9.96. The highest BCUT2D eigenvalue weighted by Gasteiger charge is 2.34. The summed E-state index contributed by atoms with van der Waals surface area (Å²) in [6.45, 7) is 4.35. The number of esters is 1. The minimum absolute atomic E-state index is 0.313. The minimum Gasteiger partial charge on any atom is -0.461 e. The average Bonchev–Trinajstić information content (AvgIpc) is 3.06. The van der Waals surface area contributed by atoms with Crippen LogP contribution in [0.15, 0.2) is 47.9 Å². The summed E-state index contributed by atoms with van der Waals surface area (Å²) in [4.78, 5) is 16.9. The topological polar surface area (TPSA) is 69.0 Å². The Kier molecular flexibility index (Phi) is 5.20. The van der Waals surface area contributed by atoms with Gasteiger partial charge in [-0.05, 0) is 18.2 Å². The Bertz CT molecular complexity index is 742. The monoisotopic (exact) mass is 344 g/mol. The van der Waals surface area contributed by atoms with Crippen LogP contribution >= 0.6 is 11.8 Å². The molecule has 1 atom stereocenters. The van der Waals surface area contributed by atoms with Gasteiger partial charge in [0.1, 0.15) is 19.0 Å². The summed E-state index contributed by atoms with van der Waals surface area (Å²) in [5.41, 5.74) is 2.29. The van der Waals surface area contributed by atoms with Crippen LogP contribution in [0.5, 0.6) is 0 Å². The standard InChI is InChI=1S/C17H20N4O2S/c1-3-24-10-9-23-16(22)14-12(2)20-17-18-11-19-21(17)15(14)13-7-5-4-6-8-13/h4-8,11,15H,3,9-10H2,1-2H3,(H,18,19,20)/t15-/m1/s1. The number of allylic oxidation sites excluding steroid dienone is 1. The lowest BCUT2D eigenvalue weighted by Crippen LogP contribution is -2.30. The van der Waals surface area contributed by atoms with E-state index in [9.17, 15) is 4.79 Å². The van der Waals surface area contributed by atoms with Crippen molar-refractivity contribution < 1.29 is 9.53 Å². The molecule has 1 N–H and O–H groups in total. The predicted octanol–water partition coefficient (Wildman–Crippen LogP) is 2.86. The largest absolute Gasteiger partial charge is 0.461 e. The molecule has 1 aromatic carbocycles. The summed E-state index contributed by atoms with van der Waals surface area (Å²) in [6.07, 6.45) is 1.48. The van der Waals surface area contributed by atoms with Crippen LogP contribution in [0.3, 0.4) is 0 Å². The van der Waals surface area contributed by atoms with Crippen molar-refractivity contribution in [2.24, 2.45) is 0 Å². The molecule has 1 aromatic heterocycles. The van der Waals surface area contributed by atoms with E-state index in [-0.39, 0.29) is 12.0 Å². The molecule has 0 aliphatic carbocycles. The third-order valence-electron chi connectivity index (χ3n) is 3.79. The number of carbonyl (C=O) groups excluding carboxylic acids is 1. The summed E-state index contributed by atoms with van der Waals surface area (Å²) in [6, 6.07) is 9.47. The van der Waals surface area contributed by atoms with E-state index in [0.717, 1.165) is 22.8 Å². The van der Waals surface area contributed by atoms with Crippen molar-refractivity contribution in [3.05, 3.63) is 53.5 Å². The first-order valence-corrected chi connectivity index (χ1v) is 9.05. The summed E-state index contributed by atoms with van der Waals surface area (Å²) < 4.78 is 7.20. The molecule has 0 fully saturated rings. The van der Waals surface area contributed by atoms with Crippen LogP contribution in [0, 0.1) is 0 Å². The highest BCUT2D eigenvalue weighted by atomic mass is 32.2. The maximum atomic E-state index is 12.7. The number of thioether (sulfide) groups is 1. The van der Waals surface area contributed by atoms with Crippen molar-refractivity contribution >= 4 is 23.7 Å². The average molecular weight is 344 g/mol. The third kappa shape index (κ3) is 3.31. The molecule has 7 heteroatoms. The Morgan fingerprint density at radius 3 is 2.92 bits per heavy atom. The molecule has 0 bridgehead atoms. The fraction of sp³-hybridized carbons (Fsp3) is 0.353. The smallest absolute Gasteiger partial charge is 0.338 e. The van der Waals surface area contributed by atoms with Crippen LogP contribution in [0.1, 0.15) is 25.5 Å². The molecule has 24 heavy (non-hydrogen) atoms. The normalized spacial score (nSPS) is 16.5. The number of anilines is 1. The van der Waals surface area contributed by atoms with Crippen molar-refractivity contribution in [3.63, 3.8) is 0 Å². The number of fused-ring (bicyclic) bond motifs is 1. The lowest BCUT2D eigenvalue weighted by Gasteiger charge is -2.28. The zero-order chi connectivity index (χ0) is 16.9. The molecule has 1 aliphatic heterocycles. The Balaban J connectivity index is 1.91. The van der Waals surface area contributed by atoms with E-state index in [4.69, 9.17) is 4.74 Å². The molecule has 2 heterocycles. The van der Waals surface area contributed by atoms with E-state index < -0.39 is 0 Å². The SMILES string of the molecule is CCSCCOC(=O)C1=C(C)Nc2ncnn2[C@@H]1c1ccccc1. The minimum atomic E-state index is -0.337. The highest BCUT2D eigenvalue weighted by Crippen LogP contribution is 2.34. The molecule has 0 radical (unpaired) electrons. The predicted molar refractivity (Wildman–Crippen MR) is 94.9 cm³/mol. The zero-order valence-electron chi connectivity index (χ0n) is 13.7. The zero-order valence-corrected chi connectivity index (χ0v) is 14.5. The van der Waals surface area contributed by atoms with Gasteiger partial charge in [-0.15, -0.1) is 0 Å². The number of hydrogen-bond donors (Lipinski definition) is 1. The third-order valence-corrected chi connectivity index (χ3v) is 4.66. The molecular weight excluding hydrogens is 324 g/mol. The summed E-state index contributed by atoms with van der Waals surface area (Å²) in [5, 5.41) is 7.42. The summed E-state index contributed by atoms with van der Waals surface area (Å²) in [5.74, 6) is 2.12. The molecule has 0 amide bonds. The maximum absolute atomic E-state index is 12.7. The molecule has 0 saturated carbocycles. The van der Waals surface area contributed by atoms with Gasteiger partial charge in [0, 0.05) is 11.4 Å². The first kappa shape index (κ1) is 16.6. The van der Waals surface area contributed by atoms with E-state index in [1.165, 1.54) is 6.33 Å². The number of benzene rings is 1. The second-order valence-electron chi connectivity index (χ2n) is 5.34. The van der Waals surface area contributed by atoms with Gasteiger partial charge in [-0.25, -0.2) is 9.48 Å². The van der Waals surface area contributed by atoms with Crippen LogP contribution in [-0.2, 0) is 9.53 Å². The Morgan fingerprint density at radius 2 is 2.17 bits per heavy atom. The molecule has 3 rings (SSSR count). The molecule has 126 valence electrons. The summed E-state index contributed by atoms with van der Waals surface area (Å²) >= 11 is 1.75. The number of ether oxygens (including phenoxy) is 1. The fourth-order valence-corrected chi connectivity index (χ4v) is 3.20. The Labute approximate surface area is 145 Å². The van der Waals surface area contributed by atoms with Crippen molar-refractivity contribution in [3.8, 4) is 0 Å². The van der Waals surface area contributed by atoms with Gasteiger partial charge in [0.25, 0.3) is 0 Å². The number of rotatable bonds is 6. The Hall–Kier alpha value is -2.28. The molecule has 0 spiro atoms. The van der Waals surface area contributed by atoms with Crippen molar-refractivity contribution in [1.82, 2.24) is 14.8 Å². The molecular formula is C17H20N4O2S. The van der Waals surface area contributed by atoms with E-state index in [1.54, 1.807) is 16.4 Å². The Morgan fingerprint density at radius 1 is 1.38 bits per heavy atom. The molecule has 2 aromatic rings. The van der Waals surface area contributed by atoms with Gasteiger partial charge in [0.15, 0.2) is 0 Å². The van der Waals surface area contributed by atoms with E-state index in [2.05, 4.69) is 22.3 Å². The number of nitrogens with zero attached hydrogens (tertiary/aromatic N) is 3. The number of carbonyl (C=O) groups is 1. The molecule has 6 nitrogen and oxygen atoms in total. The van der Waals surface area contributed by atoms with Gasteiger partial charge in [0.05, 0.1) is 5.57 Å². The second-order valence-corrected chi connectivity index (χ2v) is 6.73. The van der Waals surface area contributed by atoms with Gasteiger partial charge in [-0.3, -0.25) is 0 Å². The molecule has 0 saturated heterocycles. The summed E-state index contributed by atoms with van der Waals surface area (Å²) in [7, 11) is 0. The van der Waals surface area contributed by atoms with Crippen molar-refractivity contribution in [1.29, 1.82) is 0 Å². The number of nitrogens with one attached hydrogen (secondary N) is 1. The van der Waals surface area contributed by atoms with Crippen LogP contribution in [0.25, 0.3) is 0 Å². The van der Waals surface area contributed by atoms with Gasteiger partial charge in [-0.2, -0.15) is 21.8 Å².